The van der Waals surface area contributed by atoms with E-state index in [4.69, 9.17) is 0 Å². The van der Waals surface area contributed by atoms with E-state index >= 15 is 0 Å². The molecule has 2 nitrogen and oxygen atoms in total. The minimum atomic E-state index is 0.662. The number of benzene rings is 9. The Morgan fingerprint density at radius 1 is 0.367 bits per heavy atom. The lowest BCUT2D eigenvalue weighted by molar-refractivity contribution is 1.18. The van der Waals surface area contributed by atoms with Gasteiger partial charge in [0.25, 0.3) is 0 Å². The first-order chi connectivity index (χ1) is 24.3. The van der Waals surface area contributed by atoms with Gasteiger partial charge in [-0.1, -0.05) is 121 Å². The first-order valence-electron chi connectivity index (χ1n) is 16.7. The molecule has 0 saturated carbocycles. The second kappa shape index (κ2) is 10.7. The van der Waals surface area contributed by atoms with Crippen molar-refractivity contribution in [2.75, 3.05) is 0 Å². The monoisotopic (exact) mass is 620 g/mol. The van der Waals surface area contributed by atoms with Gasteiger partial charge in [0.15, 0.2) is 0 Å². The van der Waals surface area contributed by atoms with Crippen LogP contribution in [-0.4, -0.2) is 4.57 Å². The molecule has 0 amide bonds. The summed E-state index contributed by atoms with van der Waals surface area (Å²) < 4.78 is 2.30. The first kappa shape index (κ1) is 27.4. The zero-order valence-electron chi connectivity index (χ0n) is 26.6. The Morgan fingerprint density at radius 2 is 0.959 bits per heavy atom. The van der Waals surface area contributed by atoms with Crippen LogP contribution in [0, 0.1) is 11.3 Å². The molecular formula is C47H28N2. The van der Waals surface area contributed by atoms with E-state index in [0.717, 1.165) is 33.1 Å². The van der Waals surface area contributed by atoms with E-state index in [1.165, 1.54) is 59.8 Å². The van der Waals surface area contributed by atoms with Gasteiger partial charge in [-0.25, -0.2) is 0 Å². The lowest BCUT2D eigenvalue weighted by Crippen LogP contribution is -1.93. The molecule has 0 aliphatic heterocycles. The van der Waals surface area contributed by atoms with Crippen LogP contribution in [0.2, 0.25) is 0 Å². The van der Waals surface area contributed by atoms with Gasteiger partial charge in [0.05, 0.1) is 22.7 Å². The molecule has 0 aliphatic rings. The molecule has 1 heterocycles. The summed E-state index contributed by atoms with van der Waals surface area (Å²) in [6, 6.07) is 63.4. The molecule has 10 rings (SSSR count). The van der Waals surface area contributed by atoms with E-state index in [-0.39, 0.29) is 0 Å². The fourth-order valence-corrected chi connectivity index (χ4v) is 7.99. The molecule has 0 unspecified atom stereocenters. The van der Waals surface area contributed by atoms with Crippen LogP contribution in [0.1, 0.15) is 5.56 Å². The van der Waals surface area contributed by atoms with Crippen LogP contribution in [0.5, 0.6) is 0 Å². The maximum atomic E-state index is 9.78. The molecule has 0 bridgehead atoms. The second-order valence-corrected chi connectivity index (χ2v) is 12.8. The maximum Gasteiger partial charge on any atom is 0.0991 e. The van der Waals surface area contributed by atoms with Crippen LogP contribution in [0.25, 0.3) is 92.8 Å². The normalized spacial score (nSPS) is 11.7. The van der Waals surface area contributed by atoms with E-state index in [1.54, 1.807) is 0 Å². The molecule has 0 saturated heterocycles. The van der Waals surface area contributed by atoms with Crippen molar-refractivity contribution in [3.05, 3.63) is 175 Å². The highest BCUT2D eigenvalue weighted by Crippen LogP contribution is 2.43. The number of rotatable bonds is 3. The zero-order chi connectivity index (χ0) is 32.5. The van der Waals surface area contributed by atoms with E-state index in [2.05, 4.69) is 162 Å². The Bertz CT molecular complexity index is 3000. The SMILES string of the molecule is N#Cc1ccc2c(c1)c1cc(-c3ccc(-c4cc5c6ccccc6ccc5c5ccccc45)c4ccccc34)ccc1n2-c1ccccc1. The Kier molecular flexibility index (Phi) is 5.97. The summed E-state index contributed by atoms with van der Waals surface area (Å²) in [5.41, 5.74) is 8.79. The van der Waals surface area contributed by atoms with Gasteiger partial charge in [-0.2, -0.15) is 5.26 Å². The quantitative estimate of drug-likeness (QED) is 0.181. The summed E-state index contributed by atoms with van der Waals surface area (Å²) in [7, 11) is 0. The fraction of sp³-hybridized carbons (Fsp3) is 0. The smallest absolute Gasteiger partial charge is 0.0991 e. The van der Waals surface area contributed by atoms with Crippen molar-refractivity contribution in [1.82, 2.24) is 4.57 Å². The zero-order valence-corrected chi connectivity index (χ0v) is 26.6. The molecule has 10 aromatic rings. The van der Waals surface area contributed by atoms with Crippen molar-refractivity contribution in [3.63, 3.8) is 0 Å². The van der Waals surface area contributed by atoms with Crippen molar-refractivity contribution in [3.8, 4) is 34.0 Å². The van der Waals surface area contributed by atoms with Crippen molar-refractivity contribution >= 4 is 64.9 Å². The third-order valence-electron chi connectivity index (χ3n) is 10.2. The number of aromatic nitrogens is 1. The molecule has 49 heavy (non-hydrogen) atoms. The largest absolute Gasteiger partial charge is 0.309 e. The molecule has 2 heteroatoms. The molecule has 0 radical (unpaired) electrons. The van der Waals surface area contributed by atoms with Crippen LogP contribution in [0.15, 0.2) is 170 Å². The van der Waals surface area contributed by atoms with Crippen LogP contribution in [-0.2, 0) is 0 Å². The van der Waals surface area contributed by atoms with Crippen molar-refractivity contribution in [1.29, 1.82) is 5.26 Å². The van der Waals surface area contributed by atoms with Crippen LogP contribution in [0.4, 0.5) is 0 Å². The predicted octanol–water partition coefficient (Wildman–Crippen LogP) is 12.6. The van der Waals surface area contributed by atoms with E-state index in [9.17, 15) is 5.26 Å². The number of fused-ring (bicyclic) bond motifs is 9. The second-order valence-electron chi connectivity index (χ2n) is 12.8. The van der Waals surface area contributed by atoms with E-state index in [0.29, 0.717) is 5.56 Å². The number of nitriles is 1. The van der Waals surface area contributed by atoms with Gasteiger partial charge in [-0.3, -0.25) is 0 Å². The Hall–Kier alpha value is -6.69. The molecule has 0 N–H and O–H groups in total. The molecule has 0 aliphatic carbocycles. The topological polar surface area (TPSA) is 28.7 Å². The molecule has 0 atom stereocenters. The highest BCUT2D eigenvalue weighted by molar-refractivity contribution is 6.22. The Labute approximate surface area is 283 Å². The van der Waals surface area contributed by atoms with Gasteiger partial charge in [0, 0.05) is 16.5 Å². The Morgan fingerprint density at radius 3 is 1.73 bits per heavy atom. The number of nitrogens with zero attached hydrogens (tertiary/aromatic N) is 2. The lowest BCUT2D eigenvalue weighted by atomic mass is 9.87. The van der Waals surface area contributed by atoms with Crippen molar-refractivity contribution in [2.45, 2.75) is 0 Å². The van der Waals surface area contributed by atoms with Crippen molar-refractivity contribution in [2.24, 2.45) is 0 Å². The molecule has 0 fully saturated rings. The summed E-state index contributed by atoms with van der Waals surface area (Å²) >= 11 is 0. The number of hydrogen-bond acceptors (Lipinski definition) is 1. The summed E-state index contributed by atoms with van der Waals surface area (Å²) in [6.07, 6.45) is 0. The summed E-state index contributed by atoms with van der Waals surface area (Å²) in [5, 5.41) is 22.0. The third-order valence-corrected chi connectivity index (χ3v) is 10.2. The maximum absolute atomic E-state index is 9.78. The highest BCUT2D eigenvalue weighted by atomic mass is 15.0. The summed E-state index contributed by atoms with van der Waals surface area (Å²) in [5.74, 6) is 0. The molecule has 1 aromatic heterocycles. The standard InChI is InChI=1S/C47H28N2/c48-29-30-18-24-46-44(26-30)45-27-32(20-25-47(45)49(46)33-11-2-1-3-12-33)35-22-23-41(37-15-7-6-14-36(35)37)43-28-42-34-13-5-4-10-31(34)19-21-40(42)38-16-8-9-17-39(38)43/h1-28H. The lowest BCUT2D eigenvalue weighted by Gasteiger charge is -2.16. The van der Waals surface area contributed by atoms with Crippen LogP contribution < -0.4 is 0 Å². The van der Waals surface area contributed by atoms with Crippen LogP contribution in [0.3, 0.4) is 0 Å². The van der Waals surface area contributed by atoms with Gasteiger partial charge in [-0.05, 0) is 114 Å². The van der Waals surface area contributed by atoms with Gasteiger partial charge in [-0.15, -0.1) is 0 Å². The summed E-state index contributed by atoms with van der Waals surface area (Å²) in [4.78, 5) is 0. The Balaban J connectivity index is 1.23. The average Bonchev–Trinajstić information content (AvgIpc) is 3.50. The molecule has 0 spiro atoms. The van der Waals surface area contributed by atoms with E-state index in [1.807, 2.05) is 18.2 Å². The van der Waals surface area contributed by atoms with Crippen LogP contribution >= 0.6 is 0 Å². The highest BCUT2D eigenvalue weighted by Gasteiger charge is 2.17. The molecule has 9 aromatic carbocycles. The van der Waals surface area contributed by atoms with Gasteiger partial charge >= 0.3 is 0 Å². The van der Waals surface area contributed by atoms with Gasteiger partial charge in [0.1, 0.15) is 0 Å². The third kappa shape index (κ3) is 4.13. The molecule has 226 valence electrons. The van der Waals surface area contributed by atoms with Gasteiger partial charge < -0.3 is 4.57 Å². The number of para-hydroxylation sites is 1. The van der Waals surface area contributed by atoms with Gasteiger partial charge in [0.2, 0.25) is 0 Å². The van der Waals surface area contributed by atoms with Crippen molar-refractivity contribution < 1.29 is 0 Å². The summed E-state index contributed by atoms with van der Waals surface area (Å²) in [6.45, 7) is 0. The fourth-order valence-electron chi connectivity index (χ4n) is 7.99. The number of hydrogen-bond donors (Lipinski definition) is 0. The van der Waals surface area contributed by atoms with E-state index < -0.39 is 0 Å². The minimum absolute atomic E-state index is 0.662. The molecular weight excluding hydrogens is 593 g/mol. The minimum Gasteiger partial charge on any atom is -0.309 e. The average molecular weight is 621 g/mol. The predicted molar refractivity (Wildman–Crippen MR) is 206 cm³/mol. The first-order valence-corrected chi connectivity index (χ1v) is 16.7.